The zero-order chi connectivity index (χ0) is 17.4. The molecular weight excluding hydrogens is 370 g/mol. The highest BCUT2D eigenvalue weighted by Crippen LogP contribution is 2.25. The summed E-state index contributed by atoms with van der Waals surface area (Å²) in [4.78, 5) is 12.1. The Bertz CT molecular complexity index is 688. The molecule has 2 rings (SSSR count). The molecule has 0 saturated heterocycles. The maximum Gasteiger partial charge on any atom is 0.262 e. The summed E-state index contributed by atoms with van der Waals surface area (Å²) >= 11 is 3.41. The highest BCUT2D eigenvalue weighted by atomic mass is 79.9. The van der Waals surface area contributed by atoms with Crippen molar-refractivity contribution in [3.63, 3.8) is 0 Å². The molecule has 0 saturated carbocycles. The summed E-state index contributed by atoms with van der Waals surface area (Å²) in [6, 6.07) is 13.1. The van der Waals surface area contributed by atoms with E-state index in [2.05, 4.69) is 28.2 Å². The number of rotatable bonds is 8. The number of anilines is 1. The van der Waals surface area contributed by atoms with Crippen molar-refractivity contribution in [1.82, 2.24) is 0 Å². The van der Waals surface area contributed by atoms with Crippen LogP contribution in [0, 0.1) is 6.92 Å². The fourth-order valence-corrected chi connectivity index (χ4v) is 2.60. The van der Waals surface area contributed by atoms with Crippen LogP contribution in [0.15, 0.2) is 46.9 Å². The zero-order valence-electron chi connectivity index (χ0n) is 14.0. The Hall–Kier alpha value is -2.01. The summed E-state index contributed by atoms with van der Waals surface area (Å²) in [5, 5.41) is 2.84. The first-order valence-electron chi connectivity index (χ1n) is 8.00. The monoisotopic (exact) mass is 391 g/mol. The quantitative estimate of drug-likeness (QED) is 0.647. The summed E-state index contributed by atoms with van der Waals surface area (Å²) < 4.78 is 12.3. The van der Waals surface area contributed by atoms with Crippen LogP contribution < -0.4 is 14.8 Å². The summed E-state index contributed by atoms with van der Waals surface area (Å²) in [6.07, 6.45) is 2.04. The molecule has 0 aliphatic heterocycles. The van der Waals surface area contributed by atoms with E-state index >= 15 is 0 Å². The summed E-state index contributed by atoms with van der Waals surface area (Å²) in [6.45, 7) is 4.64. The van der Waals surface area contributed by atoms with Crippen LogP contribution in [0.2, 0.25) is 0 Å². The number of hydrogen-bond acceptors (Lipinski definition) is 3. The van der Waals surface area contributed by atoms with Crippen LogP contribution in [0.3, 0.4) is 0 Å². The number of amides is 1. The third-order valence-corrected chi connectivity index (χ3v) is 3.91. The summed E-state index contributed by atoms with van der Waals surface area (Å²) in [5.74, 6) is 1.16. The van der Waals surface area contributed by atoms with E-state index in [1.165, 1.54) is 0 Å². The van der Waals surface area contributed by atoms with E-state index in [0.717, 1.165) is 22.9 Å². The Labute approximate surface area is 151 Å². The highest BCUT2D eigenvalue weighted by Gasteiger charge is 2.09. The van der Waals surface area contributed by atoms with Crippen molar-refractivity contribution in [2.24, 2.45) is 0 Å². The van der Waals surface area contributed by atoms with Gasteiger partial charge in [0.05, 0.1) is 12.3 Å². The number of para-hydroxylation sites is 2. The standard InChI is InChI=1S/C19H22BrNO3/c1-3-4-11-23-18-8-6-5-7-16(18)21-19(22)13-24-17-10-9-15(20)12-14(17)2/h5-10,12H,3-4,11,13H2,1-2H3,(H,21,22). The number of carbonyl (C=O) groups is 1. The first-order valence-corrected chi connectivity index (χ1v) is 8.80. The van der Waals surface area contributed by atoms with Gasteiger partial charge < -0.3 is 14.8 Å². The second kappa shape index (κ2) is 9.33. The lowest BCUT2D eigenvalue weighted by Crippen LogP contribution is -2.20. The Balaban J connectivity index is 1.92. The van der Waals surface area contributed by atoms with Crippen LogP contribution >= 0.6 is 15.9 Å². The molecule has 0 bridgehead atoms. The molecular formula is C19H22BrNO3. The lowest BCUT2D eigenvalue weighted by Gasteiger charge is -2.13. The molecule has 128 valence electrons. The van der Waals surface area contributed by atoms with Gasteiger partial charge in [0.15, 0.2) is 6.61 Å². The molecule has 2 aromatic carbocycles. The molecule has 5 heteroatoms. The van der Waals surface area contributed by atoms with Crippen molar-refractivity contribution in [2.75, 3.05) is 18.5 Å². The normalized spacial score (nSPS) is 10.3. The summed E-state index contributed by atoms with van der Waals surface area (Å²) in [7, 11) is 0. The van der Waals surface area contributed by atoms with Gasteiger partial charge in [0.25, 0.3) is 5.91 Å². The molecule has 0 aliphatic rings. The van der Waals surface area contributed by atoms with Crippen molar-refractivity contribution in [3.8, 4) is 11.5 Å². The Morgan fingerprint density at radius 2 is 1.92 bits per heavy atom. The van der Waals surface area contributed by atoms with Crippen LogP contribution in [0.25, 0.3) is 0 Å². The summed E-state index contributed by atoms with van der Waals surface area (Å²) in [5.41, 5.74) is 1.63. The third kappa shape index (κ3) is 5.57. The molecule has 0 atom stereocenters. The molecule has 0 heterocycles. The van der Waals surface area contributed by atoms with Gasteiger partial charge in [0, 0.05) is 4.47 Å². The maximum absolute atomic E-state index is 12.1. The maximum atomic E-state index is 12.1. The molecule has 0 aromatic heterocycles. The van der Waals surface area contributed by atoms with Crippen molar-refractivity contribution in [3.05, 3.63) is 52.5 Å². The number of nitrogens with one attached hydrogen (secondary N) is 1. The fourth-order valence-electron chi connectivity index (χ4n) is 2.13. The number of aryl methyl sites for hydroxylation is 1. The van der Waals surface area contributed by atoms with Gasteiger partial charge in [-0.2, -0.15) is 0 Å². The van der Waals surface area contributed by atoms with Crippen LogP contribution in [0.1, 0.15) is 25.3 Å². The van der Waals surface area contributed by atoms with Crippen LogP contribution in [0.4, 0.5) is 5.69 Å². The molecule has 2 aromatic rings. The number of unbranched alkanes of at least 4 members (excludes halogenated alkanes) is 1. The van der Waals surface area contributed by atoms with Gasteiger partial charge in [0.1, 0.15) is 11.5 Å². The van der Waals surface area contributed by atoms with E-state index in [1.807, 2.05) is 49.4 Å². The lowest BCUT2D eigenvalue weighted by molar-refractivity contribution is -0.118. The number of benzene rings is 2. The number of halogens is 1. The average Bonchev–Trinajstić information content (AvgIpc) is 2.56. The number of carbonyl (C=O) groups excluding carboxylic acids is 1. The van der Waals surface area contributed by atoms with Gasteiger partial charge in [-0.15, -0.1) is 0 Å². The first kappa shape index (κ1) is 18.3. The largest absolute Gasteiger partial charge is 0.491 e. The predicted octanol–water partition coefficient (Wildman–Crippen LogP) is 4.95. The second-order valence-electron chi connectivity index (χ2n) is 5.44. The van der Waals surface area contributed by atoms with Gasteiger partial charge >= 0.3 is 0 Å². The molecule has 0 fully saturated rings. The van der Waals surface area contributed by atoms with Crippen molar-refractivity contribution in [2.45, 2.75) is 26.7 Å². The van der Waals surface area contributed by atoms with E-state index in [1.54, 1.807) is 0 Å². The molecule has 0 spiro atoms. The van der Waals surface area contributed by atoms with Crippen LogP contribution in [0.5, 0.6) is 11.5 Å². The van der Waals surface area contributed by atoms with E-state index in [9.17, 15) is 4.79 Å². The lowest BCUT2D eigenvalue weighted by atomic mass is 10.2. The van der Waals surface area contributed by atoms with E-state index in [4.69, 9.17) is 9.47 Å². The minimum absolute atomic E-state index is 0.0498. The van der Waals surface area contributed by atoms with Crippen molar-refractivity contribution in [1.29, 1.82) is 0 Å². The molecule has 0 aliphatic carbocycles. The van der Waals surface area contributed by atoms with Gasteiger partial charge in [0.2, 0.25) is 0 Å². The average molecular weight is 392 g/mol. The second-order valence-corrected chi connectivity index (χ2v) is 6.36. The smallest absolute Gasteiger partial charge is 0.262 e. The topological polar surface area (TPSA) is 47.6 Å². The van der Waals surface area contributed by atoms with E-state index in [-0.39, 0.29) is 12.5 Å². The minimum Gasteiger partial charge on any atom is -0.491 e. The first-order chi connectivity index (χ1) is 11.6. The SMILES string of the molecule is CCCCOc1ccccc1NC(=O)COc1ccc(Br)cc1C. The molecule has 1 N–H and O–H groups in total. The van der Waals surface area contributed by atoms with Crippen molar-refractivity contribution < 1.29 is 14.3 Å². The highest BCUT2D eigenvalue weighted by molar-refractivity contribution is 9.10. The minimum atomic E-state index is -0.219. The Morgan fingerprint density at radius 3 is 2.67 bits per heavy atom. The van der Waals surface area contributed by atoms with Crippen LogP contribution in [-0.2, 0) is 4.79 Å². The van der Waals surface area contributed by atoms with Crippen molar-refractivity contribution >= 4 is 27.5 Å². The van der Waals surface area contributed by atoms with Gasteiger partial charge in [-0.3, -0.25) is 4.79 Å². The predicted molar refractivity (Wildman–Crippen MR) is 99.8 cm³/mol. The van der Waals surface area contributed by atoms with Gasteiger partial charge in [-0.05, 0) is 49.2 Å². The molecule has 4 nitrogen and oxygen atoms in total. The van der Waals surface area contributed by atoms with E-state index < -0.39 is 0 Å². The third-order valence-electron chi connectivity index (χ3n) is 3.41. The number of hydrogen-bond donors (Lipinski definition) is 1. The number of ether oxygens (including phenoxy) is 2. The van der Waals surface area contributed by atoms with Gasteiger partial charge in [-0.1, -0.05) is 41.4 Å². The van der Waals surface area contributed by atoms with E-state index in [0.29, 0.717) is 23.8 Å². The van der Waals surface area contributed by atoms with Crippen LogP contribution in [-0.4, -0.2) is 19.1 Å². The molecule has 24 heavy (non-hydrogen) atoms. The molecule has 0 unspecified atom stereocenters. The van der Waals surface area contributed by atoms with Gasteiger partial charge in [-0.25, -0.2) is 0 Å². The molecule has 0 radical (unpaired) electrons. The zero-order valence-corrected chi connectivity index (χ0v) is 15.6. The Morgan fingerprint density at radius 1 is 1.12 bits per heavy atom. The molecule has 1 amide bonds. The fraction of sp³-hybridized carbons (Fsp3) is 0.316. The Kier molecular flexibility index (Phi) is 7.12.